The van der Waals surface area contributed by atoms with E-state index in [4.69, 9.17) is 35.4 Å². The first-order valence-corrected chi connectivity index (χ1v) is 18.3. The molecule has 0 unspecified atom stereocenters. The molecule has 3 rings (SSSR count). The zero-order valence-electron chi connectivity index (χ0n) is 33.2. The Balaban J connectivity index is 0.00000482. The summed E-state index contributed by atoms with van der Waals surface area (Å²) in [6.07, 6.45) is 0. The monoisotopic (exact) mass is 831 g/mol. The minimum atomic E-state index is 0. The van der Waals surface area contributed by atoms with Crippen LogP contribution in [-0.4, -0.2) is 129 Å². The Labute approximate surface area is 341 Å². The second-order valence-electron chi connectivity index (χ2n) is 16.4. The number of rotatable bonds is 0. The number of hydrogen-bond acceptors (Lipinski definition) is 10. The van der Waals surface area contributed by atoms with Gasteiger partial charge in [-0.3, -0.25) is 0 Å². The van der Waals surface area contributed by atoms with Gasteiger partial charge in [-0.05, 0) is 64.2 Å². The molecule has 2 aromatic rings. The van der Waals surface area contributed by atoms with Crippen LogP contribution in [-0.2, 0) is 95.2 Å². The maximum atomic E-state index is 8.11. The molecule has 1 N–H and O–H groups in total. The molecular weight excluding hydrogens is 768 g/mol. The van der Waals surface area contributed by atoms with Gasteiger partial charge in [-0.2, -0.15) is 9.79 Å². The van der Waals surface area contributed by atoms with Crippen LogP contribution in [0.3, 0.4) is 0 Å². The minimum absolute atomic E-state index is 0. The fourth-order valence-electron chi connectivity index (χ4n) is 5.91. The Bertz CT molecular complexity index is 1170. The minimum Gasteiger partial charge on any atom is -0.779 e. The molecule has 0 aliphatic carbocycles. The van der Waals surface area contributed by atoms with E-state index in [9.17, 15) is 0 Å². The molecule has 1 heterocycles. The fraction of sp³-hybridized carbons (Fsp3) is 0.684. The van der Waals surface area contributed by atoms with E-state index in [0.717, 1.165) is 88.3 Å². The summed E-state index contributed by atoms with van der Waals surface area (Å²) >= 11 is 12.3. The predicted octanol–water partition coefficient (Wildman–Crippen LogP) is 5.53. The molecule has 2 aromatic carbocycles. The van der Waals surface area contributed by atoms with Gasteiger partial charge in [0.1, 0.15) is 0 Å². The van der Waals surface area contributed by atoms with Gasteiger partial charge < -0.3 is 59.9 Å². The van der Waals surface area contributed by atoms with Crippen LogP contribution in [0.5, 0.6) is 0 Å². The van der Waals surface area contributed by atoms with Gasteiger partial charge in [-0.1, -0.05) is 88.1 Å². The van der Waals surface area contributed by atoms with Gasteiger partial charge in [0.25, 0.3) is 0 Å². The summed E-state index contributed by atoms with van der Waals surface area (Å²) in [5.41, 5.74) is 8.01. The molecule has 0 fully saturated rings. The Morgan fingerprint density at radius 3 is 0.863 bits per heavy atom. The topological polar surface area (TPSA) is 69.1 Å². The van der Waals surface area contributed by atoms with Crippen LogP contribution >= 0.6 is 0 Å². The molecule has 0 aromatic heterocycles. The zero-order chi connectivity index (χ0) is 37.1. The van der Waals surface area contributed by atoms with E-state index < -0.39 is 0 Å². The molecular formula is C38H65N7Ni2O2S2+. The van der Waals surface area contributed by atoms with Gasteiger partial charge >= 0.3 is 16.5 Å². The zero-order valence-corrected chi connectivity index (χ0v) is 36.8. The average Bonchev–Trinajstić information content (AvgIpc) is 2.99. The second-order valence-corrected chi connectivity index (χ2v) is 17.2. The van der Waals surface area contributed by atoms with Crippen LogP contribution < -0.4 is 0 Å². The van der Waals surface area contributed by atoms with E-state index in [0.29, 0.717) is 0 Å². The summed E-state index contributed by atoms with van der Waals surface area (Å²) in [4.78, 5) is 24.8. The number of fused-ring (bicyclic) bond motifs is 4. The van der Waals surface area contributed by atoms with Crippen molar-refractivity contribution in [2.75, 3.05) is 94.6 Å². The van der Waals surface area contributed by atoms with Gasteiger partial charge in [0.2, 0.25) is 0 Å². The summed E-state index contributed by atoms with van der Waals surface area (Å²) in [6.45, 7) is 25.4. The SMILES string of the molecule is CN1CCN(C)Cc2cc(C(C)(C)C)cc(c2[S-])CN(C)CCN(C)CCN(C)Cc2cc(C(C)(C)C)cc(c2[S-])CN(C)CC1.O=NO.[Ni+3].[Ni]. The van der Waals surface area contributed by atoms with E-state index in [1.165, 1.54) is 38.7 Å². The molecule has 0 saturated heterocycles. The molecule has 1 aliphatic rings. The van der Waals surface area contributed by atoms with Crippen LogP contribution in [0.4, 0.5) is 0 Å². The normalized spacial score (nSPS) is 18.4. The van der Waals surface area contributed by atoms with Crippen LogP contribution in [0.2, 0.25) is 0 Å². The first-order valence-electron chi connectivity index (χ1n) is 17.5. The van der Waals surface area contributed by atoms with E-state index >= 15 is 0 Å². The molecule has 9 nitrogen and oxygen atoms in total. The Morgan fingerprint density at radius 2 is 0.686 bits per heavy atom. The van der Waals surface area contributed by atoms with Crippen LogP contribution in [0, 0.1) is 4.91 Å². The van der Waals surface area contributed by atoms with Crippen molar-refractivity contribution in [2.45, 2.75) is 88.3 Å². The maximum absolute atomic E-state index is 8.11. The predicted molar refractivity (Wildman–Crippen MR) is 209 cm³/mol. The molecule has 295 valence electrons. The van der Waals surface area contributed by atoms with Crippen LogP contribution in [0.25, 0.3) is 0 Å². The molecule has 0 amide bonds. The molecule has 0 atom stereocenters. The van der Waals surface area contributed by atoms with Crippen LogP contribution in [0.15, 0.2) is 39.4 Å². The third-order valence-electron chi connectivity index (χ3n) is 9.43. The van der Waals surface area contributed by atoms with Gasteiger partial charge in [0.05, 0.1) is 0 Å². The second kappa shape index (κ2) is 23.1. The van der Waals surface area contributed by atoms with Crippen molar-refractivity contribution in [1.82, 2.24) is 29.4 Å². The molecule has 0 saturated carbocycles. The van der Waals surface area contributed by atoms with Crippen molar-refractivity contribution < 1.29 is 38.2 Å². The molecule has 0 spiro atoms. The molecule has 51 heavy (non-hydrogen) atoms. The maximum Gasteiger partial charge on any atom is 3.00 e. The largest absolute Gasteiger partial charge is 3.00 e. The number of benzene rings is 2. The third-order valence-corrected chi connectivity index (χ3v) is 10.5. The van der Waals surface area contributed by atoms with E-state index in [1.807, 2.05) is 0 Å². The van der Waals surface area contributed by atoms with E-state index in [2.05, 4.69) is 137 Å². The van der Waals surface area contributed by atoms with Crippen LogP contribution in [0.1, 0.15) is 74.9 Å². The number of nitrogens with zero attached hydrogens (tertiary/aromatic N) is 7. The molecule has 1 radical (unpaired) electrons. The number of likely N-dealkylation sites (N-methyl/N-ethyl adjacent to an activating group) is 6. The standard InChI is InChI=1S/C38H66N6S2.HNO2.2Ni/c1-37(2,3)33-21-29-25-41(9)17-13-39(7)15-19-43(11)27-31-23-34(38(4,5)6)24-32(36(31)46)28-44(12)20-16-40(8)14-18-42(10)26-30(22-33)35(29)45;2-1-3;;/h21-24,45-46H,13-20,25-28H2,1-12H3;(H,2,3);;/q;;;+3/p-2. The van der Waals surface area contributed by atoms with E-state index in [-0.39, 0.29) is 43.8 Å². The summed E-state index contributed by atoms with van der Waals surface area (Å²) in [5, 5.41) is 7.89. The third kappa shape index (κ3) is 17.4. The Hall–Kier alpha value is -0.973. The summed E-state index contributed by atoms with van der Waals surface area (Å²) in [6, 6.07) is 9.46. The average molecular weight is 834 g/mol. The molecule has 1 aliphatic heterocycles. The Morgan fingerprint density at radius 1 is 0.510 bits per heavy atom. The summed E-state index contributed by atoms with van der Waals surface area (Å²) in [5.74, 6) is 0. The van der Waals surface area contributed by atoms with Crippen molar-refractivity contribution >= 4 is 25.3 Å². The Kier molecular flexibility index (Phi) is 22.6. The van der Waals surface area contributed by atoms with Gasteiger partial charge in [0, 0.05) is 95.0 Å². The molecule has 4 bridgehead atoms. The van der Waals surface area contributed by atoms with Crippen molar-refractivity contribution in [1.29, 1.82) is 0 Å². The number of hydrogen-bond donors (Lipinski definition) is 1. The smallest absolute Gasteiger partial charge is 0.779 e. The van der Waals surface area contributed by atoms with Gasteiger partial charge in [0.15, 0.2) is 5.34 Å². The molecule has 13 heteroatoms. The van der Waals surface area contributed by atoms with E-state index in [1.54, 1.807) is 0 Å². The first kappa shape index (κ1) is 50.0. The fourth-order valence-corrected chi connectivity index (χ4v) is 6.41. The summed E-state index contributed by atoms with van der Waals surface area (Å²) in [7, 11) is 13.4. The first-order chi connectivity index (χ1) is 22.7. The quantitative estimate of drug-likeness (QED) is 0.159. The van der Waals surface area contributed by atoms with Crippen molar-refractivity contribution in [2.24, 2.45) is 5.34 Å². The summed E-state index contributed by atoms with van der Waals surface area (Å²) < 4.78 is 0. The van der Waals surface area contributed by atoms with Crippen molar-refractivity contribution in [3.63, 3.8) is 0 Å². The van der Waals surface area contributed by atoms with Crippen molar-refractivity contribution in [3.8, 4) is 0 Å². The van der Waals surface area contributed by atoms with Gasteiger partial charge in [-0.15, -0.1) is 4.91 Å². The van der Waals surface area contributed by atoms with Crippen molar-refractivity contribution in [3.05, 3.63) is 62.6 Å². The van der Waals surface area contributed by atoms with Gasteiger partial charge in [-0.25, -0.2) is 0 Å².